The Kier molecular flexibility index (Phi) is 5.17. The smallest absolute Gasteiger partial charge is 0.302 e. The van der Waals surface area contributed by atoms with Gasteiger partial charge in [-0.15, -0.1) is 10.2 Å². The summed E-state index contributed by atoms with van der Waals surface area (Å²) >= 11 is 3.34. The van der Waals surface area contributed by atoms with E-state index in [1.807, 2.05) is 19.1 Å². The van der Waals surface area contributed by atoms with Gasteiger partial charge in [-0.05, 0) is 46.6 Å². The highest BCUT2D eigenvalue weighted by Crippen LogP contribution is 2.37. The van der Waals surface area contributed by atoms with Crippen LogP contribution < -0.4 is 4.74 Å². The highest BCUT2D eigenvalue weighted by atomic mass is 79.9. The Morgan fingerprint density at radius 3 is 2.81 bits per heavy atom. The molecule has 0 spiro atoms. The SMILES string of the molecule is Cc1ccc(OCC(=O)N=Nc2c(O)[nH]c3ccc([N+](=O)[O-])cc23)c(Br)c1. The number of nitrogens with one attached hydrogen (secondary N) is 1. The second-order valence-electron chi connectivity index (χ2n) is 5.63. The summed E-state index contributed by atoms with van der Waals surface area (Å²) in [4.78, 5) is 24.9. The number of azo groups is 1. The predicted octanol–water partition coefficient (Wildman–Crippen LogP) is 4.54. The van der Waals surface area contributed by atoms with Crippen LogP contribution in [0, 0.1) is 17.0 Å². The van der Waals surface area contributed by atoms with E-state index in [9.17, 15) is 20.0 Å². The zero-order chi connectivity index (χ0) is 19.6. The Morgan fingerprint density at radius 2 is 2.11 bits per heavy atom. The first kappa shape index (κ1) is 18.5. The van der Waals surface area contributed by atoms with Crippen molar-refractivity contribution in [2.24, 2.45) is 10.2 Å². The number of aromatic amines is 1. The molecule has 3 aromatic rings. The number of ether oxygens (including phenoxy) is 1. The number of rotatable bonds is 5. The summed E-state index contributed by atoms with van der Waals surface area (Å²) in [7, 11) is 0. The quantitative estimate of drug-likeness (QED) is 0.347. The lowest BCUT2D eigenvalue weighted by atomic mass is 10.2. The zero-order valence-corrected chi connectivity index (χ0v) is 15.6. The molecular weight excluding hydrogens is 420 g/mol. The van der Waals surface area contributed by atoms with Crippen LogP contribution in [0.1, 0.15) is 5.56 Å². The summed E-state index contributed by atoms with van der Waals surface area (Å²) in [5, 5.41) is 28.3. The largest absolute Gasteiger partial charge is 0.493 e. The van der Waals surface area contributed by atoms with Gasteiger partial charge in [-0.25, -0.2) is 0 Å². The molecule has 0 aliphatic rings. The average molecular weight is 433 g/mol. The van der Waals surface area contributed by atoms with Gasteiger partial charge in [0.15, 0.2) is 12.3 Å². The van der Waals surface area contributed by atoms with Crippen molar-refractivity contribution in [3.05, 3.63) is 56.5 Å². The molecule has 1 amide bonds. The Bertz CT molecular complexity index is 1080. The molecule has 0 bridgehead atoms. The van der Waals surface area contributed by atoms with E-state index >= 15 is 0 Å². The second kappa shape index (κ2) is 7.54. The van der Waals surface area contributed by atoms with Crippen LogP contribution in [0.4, 0.5) is 11.4 Å². The van der Waals surface area contributed by atoms with Crippen molar-refractivity contribution in [3.8, 4) is 11.6 Å². The lowest BCUT2D eigenvalue weighted by Crippen LogP contribution is -2.08. The van der Waals surface area contributed by atoms with Gasteiger partial charge >= 0.3 is 5.91 Å². The molecule has 0 radical (unpaired) electrons. The van der Waals surface area contributed by atoms with Gasteiger partial charge in [-0.2, -0.15) is 0 Å². The van der Waals surface area contributed by atoms with E-state index in [0.29, 0.717) is 15.7 Å². The minimum Gasteiger partial charge on any atom is -0.493 e. The van der Waals surface area contributed by atoms with Gasteiger partial charge in [-0.1, -0.05) is 6.07 Å². The number of hydrogen-bond acceptors (Lipinski definition) is 6. The number of aromatic nitrogens is 1. The summed E-state index contributed by atoms with van der Waals surface area (Å²) in [6.45, 7) is 1.57. The monoisotopic (exact) mass is 432 g/mol. The maximum atomic E-state index is 11.9. The average Bonchev–Trinajstić information content (AvgIpc) is 2.93. The third kappa shape index (κ3) is 4.11. The van der Waals surface area contributed by atoms with E-state index in [-0.39, 0.29) is 29.2 Å². The van der Waals surface area contributed by atoms with Gasteiger partial charge in [0.05, 0.1) is 14.9 Å². The van der Waals surface area contributed by atoms with Crippen molar-refractivity contribution in [2.75, 3.05) is 6.61 Å². The van der Waals surface area contributed by atoms with Gasteiger partial charge in [0.2, 0.25) is 5.88 Å². The number of non-ortho nitro benzene ring substituents is 1. The lowest BCUT2D eigenvalue weighted by Gasteiger charge is -2.06. The van der Waals surface area contributed by atoms with Crippen LogP contribution in [0.2, 0.25) is 0 Å². The van der Waals surface area contributed by atoms with Crippen LogP contribution in [0.25, 0.3) is 10.9 Å². The number of H-pyrrole nitrogens is 1. The summed E-state index contributed by atoms with van der Waals surface area (Å²) in [6.07, 6.45) is 0. The zero-order valence-electron chi connectivity index (χ0n) is 14.0. The molecule has 3 rings (SSSR count). The summed E-state index contributed by atoms with van der Waals surface area (Å²) < 4.78 is 6.08. The van der Waals surface area contributed by atoms with E-state index in [4.69, 9.17) is 4.74 Å². The molecule has 1 aromatic heterocycles. The third-order valence-corrected chi connectivity index (χ3v) is 4.27. The molecule has 0 fully saturated rings. The van der Waals surface area contributed by atoms with Crippen molar-refractivity contribution < 1.29 is 19.6 Å². The summed E-state index contributed by atoms with van der Waals surface area (Å²) in [5.41, 5.74) is 1.24. The molecule has 2 aromatic carbocycles. The Hall–Kier alpha value is -3.27. The van der Waals surface area contributed by atoms with Gasteiger partial charge in [-0.3, -0.25) is 14.9 Å². The standard InChI is InChI=1S/C17H13BrN4O5/c1-9-2-5-14(12(18)6-9)27-8-15(23)20-21-16-11-7-10(22(25)26)3-4-13(11)19-17(16)24/h2-7,19,24H,8H2,1H3. The van der Waals surface area contributed by atoms with E-state index in [1.54, 1.807) is 6.07 Å². The van der Waals surface area contributed by atoms with E-state index in [1.165, 1.54) is 18.2 Å². The molecule has 0 saturated heterocycles. The molecule has 2 N–H and O–H groups in total. The molecular formula is C17H13BrN4O5. The predicted molar refractivity (Wildman–Crippen MR) is 101 cm³/mol. The fraction of sp³-hybridized carbons (Fsp3) is 0.118. The topological polar surface area (TPSA) is 130 Å². The van der Waals surface area contributed by atoms with E-state index in [0.717, 1.165) is 5.56 Å². The van der Waals surface area contributed by atoms with Gasteiger partial charge in [0.1, 0.15) is 5.75 Å². The highest BCUT2D eigenvalue weighted by molar-refractivity contribution is 9.10. The molecule has 0 unspecified atom stereocenters. The Labute approximate surface area is 161 Å². The molecule has 0 aliphatic heterocycles. The molecule has 0 aliphatic carbocycles. The molecule has 9 nitrogen and oxygen atoms in total. The number of aryl methyl sites for hydroxylation is 1. The minimum atomic E-state index is -0.679. The molecule has 0 atom stereocenters. The summed E-state index contributed by atoms with van der Waals surface area (Å²) in [5.74, 6) is -0.541. The first-order chi connectivity index (χ1) is 12.8. The molecule has 0 saturated carbocycles. The van der Waals surface area contributed by atoms with Gasteiger partial charge in [0, 0.05) is 17.5 Å². The number of nitro groups is 1. The van der Waals surface area contributed by atoms with E-state index < -0.39 is 10.8 Å². The number of carbonyl (C=O) groups is 1. The molecule has 1 heterocycles. The minimum absolute atomic E-state index is 0.0569. The molecule has 27 heavy (non-hydrogen) atoms. The fourth-order valence-electron chi connectivity index (χ4n) is 2.36. The van der Waals surface area contributed by atoms with Crippen LogP contribution in [0.15, 0.2) is 51.1 Å². The van der Waals surface area contributed by atoms with Crippen LogP contribution in [-0.2, 0) is 4.79 Å². The van der Waals surface area contributed by atoms with Crippen LogP contribution in [0.5, 0.6) is 11.6 Å². The van der Waals surface area contributed by atoms with E-state index in [2.05, 4.69) is 31.1 Å². The second-order valence-corrected chi connectivity index (χ2v) is 6.48. The van der Waals surface area contributed by atoms with Crippen molar-refractivity contribution in [3.63, 3.8) is 0 Å². The number of fused-ring (bicyclic) bond motifs is 1. The maximum absolute atomic E-state index is 11.9. The van der Waals surface area contributed by atoms with Crippen LogP contribution >= 0.6 is 15.9 Å². The number of benzene rings is 2. The maximum Gasteiger partial charge on any atom is 0.302 e. The normalized spacial score (nSPS) is 11.2. The van der Waals surface area contributed by atoms with Gasteiger partial charge in [0.25, 0.3) is 5.69 Å². The van der Waals surface area contributed by atoms with Crippen molar-refractivity contribution in [1.82, 2.24) is 4.98 Å². The summed E-state index contributed by atoms with van der Waals surface area (Å²) in [6, 6.07) is 9.36. The highest BCUT2D eigenvalue weighted by Gasteiger charge is 2.15. The number of amides is 1. The first-order valence-corrected chi connectivity index (χ1v) is 8.47. The lowest BCUT2D eigenvalue weighted by molar-refractivity contribution is -0.384. The Morgan fingerprint density at radius 1 is 1.33 bits per heavy atom. The number of nitrogens with zero attached hydrogens (tertiary/aromatic N) is 3. The third-order valence-electron chi connectivity index (χ3n) is 3.65. The first-order valence-electron chi connectivity index (χ1n) is 7.68. The number of carbonyl (C=O) groups excluding carboxylic acids is 1. The number of nitro benzene ring substituents is 1. The van der Waals surface area contributed by atoms with Crippen molar-refractivity contribution >= 4 is 44.1 Å². The van der Waals surface area contributed by atoms with Crippen LogP contribution in [0.3, 0.4) is 0 Å². The Balaban J connectivity index is 1.76. The number of aromatic hydroxyl groups is 1. The van der Waals surface area contributed by atoms with Crippen molar-refractivity contribution in [1.29, 1.82) is 0 Å². The number of hydrogen-bond donors (Lipinski definition) is 2. The molecule has 138 valence electrons. The van der Waals surface area contributed by atoms with Crippen molar-refractivity contribution in [2.45, 2.75) is 6.92 Å². The van der Waals surface area contributed by atoms with Gasteiger partial charge < -0.3 is 14.8 Å². The fourth-order valence-corrected chi connectivity index (χ4v) is 2.97. The van der Waals surface area contributed by atoms with Crippen LogP contribution in [-0.4, -0.2) is 27.5 Å². The number of halogens is 1. The molecule has 10 heteroatoms.